The third-order valence-corrected chi connectivity index (χ3v) is 2.41. The zero-order valence-electron chi connectivity index (χ0n) is 9.49. The molecule has 0 bridgehead atoms. The van der Waals surface area contributed by atoms with Crippen LogP contribution in [0.1, 0.15) is 5.56 Å². The highest BCUT2D eigenvalue weighted by molar-refractivity contribution is 5.92. The van der Waals surface area contributed by atoms with E-state index in [0.717, 1.165) is 23.8 Å². The molecule has 0 heterocycles. The Bertz CT molecular complexity index is 555. The second-order valence-electron chi connectivity index (χ2n) is 3.83. The Morgan fingerprint density at radius 3 is 2.50 bits per heavy atom. The summed E-state index contributed by atoms with van der Waals surface area (Å²) in [6, 6.07) is 12.0. The van der Waals surface area contributed by atoms with Crippen molar-refractivity contribution in [1.82, 2.24) is 0 Å². The third kappa shape index (κ3) is 3.13. The molecule has 0 aromatic heterocycles. The molecule has 2 nitrogen and oxygen atoms in total. The Labute approximate surface area is 103 Å². The number of anilines is 1. The quantitative estimate of drug-likeness (QED) is 0.886. The van der Waals surface area contributed by atoms with Gasteiger partial charge < -0.3 is 5.32 Å². The molecule has 18 heavy (non-hydrogen) atoms. The predicted octanol–water partition coefficient (Wildman–Crippen LogP) is 3.15. The Balaban J connectivity index is 2.05. The Hall–Kier alpha value is -2.23. The fourth-order valence-electron chi connectivity index (χ4n) is 1.57. The molecule has 2 rings (SSSR count). The van der Waals surface area contributed by atoms with E-state index in [1.54, 1.807) is 12.1 Å². The minimum atomic E-state index is -0.655. The number of amides is 1. The largest absolute Gasteiger partial charge is 0.323 e. The van der Waals surface area contributed by atoms with Gasteiger partial charge in [0, 0.05) is 6.07 Å². The van der Waals surface area contributed by atoms with E-state index in [2.05, 4.69) is 5.32 Å². The van der Waals surface area contributed by atoms with Gasteiger partial charge in [0.25, 0.3) is 0 Å². The second kappa shape index (κ2) is 5.40. The normalized spacial score (nSPS) is 10.1. The highest BCUT2D eigenvalue weighted by atomic mass is 19.1. The van der Waals surface area contributed by atoms with Crippen LogP contribution in [0.4, 0.5) is 14.5 Å². The van der Waals surface area contributed by atoms with E-state index >= 15 is 0 Å². The zero-order valence-corrected chi connectivity index (χ0v) is 9.49. The first kappa shape index (κ1) is 12.2. The Kier molecular flexibility index (Phi) is 3.67. The Morgan fingerprint density at radius 2 is 1.78 bits per heavy atom. The highest BCUT2D eigenvalue weighted by Crippen LogP contribution is 2.15. The number of hydrogen-bond donors (Lipinski definition) is 1. The van der Waals surface area contributed by atoms with Crippen molar-refractivity contribution >= 4 is 11.6 Å². The predicted molar refractivity (Wildman–Crippen MR) is 65.1 cm³/mol. The summed E-state index contributed by atoms with van der Waals surface area (Å²) in [7, 11) is 0. The first-order valence-corrected chi connectivity index (χ1v) is 5.44. The lowest BCUT2D eigenvalue weighted by molar-refractivity contribution is -0.115. The smallest absolute Gasteiger partial charge is 0.228 e. The van der Waals surface area contributed by atoms with Gasteiger partial charge in [0.05, 0.1) is 12.1 Å². The van der Waals surface area contributed by atoms with Crippen LogP contribution in [0.2, 0.25) is 0 Å². The molecule has 1 N–H and O–H groups in total. The van der Waals surface area contributed by atoms with Crippen LogP contribution >= 0.6 is 0 Å². The number of hydrogen-bond acceptors (Lipinski definition) is 1. The summed E-state index contributed by atoms with van der Waals surface area (Å²) in [5.74, 6) is -1.63. The lowest BCUT2D eigenvalue weighted by Crippen LogP contribution is -2.15. The van der Waals surface area contributed by atoms with Crippen LogP contribution in [0.15, 0.2) is 48.5 Å². The Morgan fingerprint density at radius 1 is 1.06 bits per heavy atom. The average molecular weight is 247 g/mol. The van der Waals surface area contributed by atoms with Crippen molar-refractivity contribution in [2.75, 3.05) is 5.32 Å². The molecule has 4 heteroatoms. The van der Waals surface area contributed by atoms with E-state index in [1.165, 1.54) is 0 Å². The molecule has 1 amide bonds. The van der Waals surface area contributed by atoms with Gasteiger partial charge in [-0.2, -0.15) is 0 Å². The zero-order chi connectivity index (χ0) is 13.0. The summed E-state index contributed by atoms with van der Waals surface area (Å²) in [6.45, 7) is 0. The summed E-state index contributed by atoms with van der Waals surface area (Å²) in [4.78, 5) is 11.6. The van der Waals surface area contributed by atoms with E-state index in [0.29, 0.717) is 0 Å². The lowest BCUT2D eigenvalue weighted by atomic mass is 10.1. The van der Waals surface area contributed by atoms with Crippen molar-refractivity contribution in [3.05, 3.63) is 65.7 Å². The second-order valence-corrected chi connectivity index (χ2v) is 3.83. The minimum absolute atomic E-state index is 0.122. The van der Waals surface area contributed by atoms with Crippen molar-refractivity contribution in [2.24, 2.45) is 0 Å². The topological polar surface area (TPSA) is 29.1 Å². The van der Waals surface area contributed by atoms with Crippen molar-refractivity contribution in [3.63, 3.8) is 0 Å². The van der Waals surface area contributed by atoms with Gasteiger partial charge >= 0.3 is 0 Å². The maximum absolute atomic E-state index is 13.3. The maximum Gasteiger partial charge on any atom is 0.228 e. The van der Waals surface area contributed by atoms with Gasteiger partial charge in [0.2, 0.25) is 5.91 Å². The van der Waals surface area contributed by atoms with E-state index < -0.39 is 11.6 Å². The van der Waals surface area contributed by atoms with E-state index in [9.17, 15) is 13.6 Å². The van der Waals surface area contributed by atoms with E-state index in [-0.39, 0.29) is 18.0 Å². The summed E-state index contributed by atoms with van der Waals surface area (Å²) in [5, 5.41) is 2.35. The first-order valence-electron chi connectivity index (χ1n) is 5.44. The molecule has 0 unspecified atom stereocenters. The van der Waals surface area contributed by atoms with Gasteiger partial charge in [-0.15, -0.1) is 0 Å². The fraction of sp³-hybridized carbons (Fsp3) is 0.0714. The molecule has 0 radical (unpaired) electrons. The molecule has 2 aromatic rings. The lowest BCUT2D eigenvalue weighted by Gasteiger charge is -2.06. The van der Waals surface area contributed by atoms with Gasteiger partial charge in [-0.25, -0.2) is 8.78 Å². The molecule has 0 saturated carbocycles. The molecule has 0 saturated heterocycles. The molecule has 2 aromatic carbocycles. The van der Waals surface area contributed by atoms with Gasteiger partial charge in [0.1, 0.15) is 11.6 Å². The first-order chi connectivity index (χ1) is 8.65. The SMILES string of the molecule is O=C(Cc1ccccc1)Nc1cc(F)ccc1F. The number of carbonyl (C=O) groups is 1. The molecule has 92 valence electrons. The summed E-state index contributed by atoms with van der Waals surface area (Å²) in [6.07, 6.45) is 0.122. The summed E-state index contributed by atoms with van der Waals surface area (Å²) >= 11 is 0. The number of carbonyl (C=O) groups excluding carboxylic acids is 1. The number of benzene rings is 2. The molecule has 0 spiro atoms. The molecule has 0 atom stereocenters. The van der Waals surface area contributed by atoms with Crippen molar-refractivity contribution in [3.8, 4) is 0 Å². The maximum atomic E-state index is 13.3. The van der Waals surface area contributed by atoms with E-state index in [1.807, 2.05) is 18.2 Å². The molecule has 0 aliphatic rings. The van der Waals surface area contributed by atoms with Crippen LogP contribution in [0.25, 0.3) is 0 Å². The molecular formula is C14H11F2NO. The average Bonchev–Trinajstić information content (AvgIpc) is 2.35. The van der Waals surface area contributed by atoms with Crippen LogP contribution in [0.3, 0.4) is 0 Å². The summed E-state index contributed by atoms with van der Waals surface area (Å²) in [5.41, 5.74) is 0.669. The van der Waals surface area contributed by atoms with Crippen LogP contribution in [-0.2, 0) is 11.2 Å². The van der Waals surface area contributed by atoms with Crippen molar-refractivity contribution < 1.29 is 13.6 Å². The number of rotatable bonds is 3. The van der Waals surface area contributed by atoms with Crippen LogP contribution in [-0.4, -0.2) is 5.91 Å². The van der Waals surface area contributed by atoms with Gasteiger partial charge in [-0.1, -0.05) is 30.3 Å². The van der Waals surface area contributed by atoms with Crippen molar-refractivity contribution in [2.45, 2.75) is 6.42 Å². The molecule has 0 fully saturated rings. The van der Waals surface area contributed by atoms with E-state index in [4.69, 9.17) is 0 Å². The fourth-order valence-corrected chi connectivity index (χ4v) is 1.57. The summed E-state index contributed by atoms with van der Waals surface area (Å²) < 4.78 is 26.2. The van der Waals surface area contributed by atoms with Crippen LogP contribution in [0.5, 0.6) is 0 Å². The van der Waals surface area contributed by atoms with Gasteiger partial charge in [-0.3, -0.25) is 4.79 Å². The number of nitrogens with one attached hydrogen (secondary N) is 1. The van der Waals surface area contributed by atoms with Crippen molar-refractivity contribution in [1.29, 1.82) is 0 Å². The van der Waals surface area contributed by atoms with Crippen LogP contribution < -0.4 is 5.32 Å². The molecule has 0 aliphatic heterocycles. The third-order valence-electron chi connectivity index (χ3n) is 2.41. The highest BCUT2D eigenvalue weighted by Gasteiger charge is 2.08. The van der Waals surface area contributed by atoms with Gasteiger partial charge in [0.15, 0.2) is 0 Å². The van der Waals surface area contributed by atoms with Gasteiger partial charge in [-0.05, 0) is 17.7 Å². The van der Waals surface area contributed by atoms with Crippen LogP contribution in [0, 0.1) is 11.6 Å². The molecular weight excluding hydrogens is 236 g/mol. The molecule has 0 aliphatic carbocycles. The monoisotopic (exact) mass is 247 g/mol. The number of halogens is 2. The standard InChI is InChI=1S/C14H11F2NO/c15-11-6-7-12(16)13(9-11)17-14(18)8-10-4-2-1-3-5-10/h1-7,9H,8H2,(H,17,18). The minimum Gasteiger partial charge on any atom is -0.323 e.